The molecule has 0 fully saturated rings. The summed E-state index contributed by atoms with van der Waals surface area (Å²) < 4.78 is 4.27. The molecule has 0 aliphatic heterocycles. The molecule has 0 aliphatic rings. The molecule has 1 amide bonds. The van der Waals surface area contributed by atoms with Crippen LogP contribution in [0.4, 0.5) is 39.8 Å². The Hall–Kier alpha value is -3.65. The van der Waals surface area contributed by atoms with Crippen molar-refractivity contribution in [2.75, 3.05) is 27.4 Å². The lowest BCUT2D eigenvalue weighted by Crippen LogP contribution is -3.00. The van der Waals surface area contributed by atoms with Crippen molar-refractivity contribution < 1.29 is 61.9 Å². The number of halogens is 2. The molecular weight excluding hydrogens is 740 g/mol. The molecule has 5 rings (SSSR count). The molecule has 0 saturated heterocycles. The molecule has 0 saturated carbocycles. The molecule has 41 heavy (non-hydrogen) atoms. The number of para-hydroxylation sites is 1. The molecule has 8 nitrogen and oxygen atoms in total. The summed E-state index contributed by atoms with van der Waals surface area (Å²) in [5.74, 6) is -0.305. The number of anilines is 7. The van der Waals surface area contributed by atoms with Crippen molar-refractivity contribution in [3.05, 3.63) is 103 Å². The normalized spacial score (nSPS) is 10.3. The summed E-state index contributed by atoms with van der Waals surface area (Å²) in [5, 5.41) is 10.8. The number of nitrogens with one attached hydrogen (secondary N) is 3. The maximum Gasteiger partial charge on any atom is 0.257 e. The van der Waals surface area contributed by atoms with Crippen molar-refractivity contribution in [2.24, 2.45) is 0 Å². The van der Waals surface area contributed by atoms with Gasteiger partial charge in [0, 0.05) is 41.3 Å². The van der Waals surface area contributed by atoms with Crippen LogP contribution in [0.5, 0.6) is 0 Å². The fraction of sp³-hybridized carbons (Fsp3) is 0.129. The van der Waals surface area contributed by atoms with Gasteiger partial charge in [-0.1, -0.05) is 12.1 Å². The Labute approximate surface area is 274 Å². The minimum absolute atomic E-state index is 0. The zero-order valence-corrected chi connectivity index (χ0v) is 27.2. The topological polar surface area (TPSA) is 113 Å². The van der Waals surface area contributed by atoms with Crippen LogP contribution in [-0.2, 0) is 13.1 Å². The predicted octanol–water partition coefficient (Wildman–Crippen LogP) is -0.633. The maximum atomic E-state index is 13.0. The van der Waals surface area contributed by atoms with Crippen molar-refractivity contribution in [3.63, 3.8) is 0 Å². The van der Waals surface area contributed by atoms with E-state index in [1.165, 1.54) is 0 Å². The van der Waals surface area contributed by atoms with Gasteiger partial charge in [-0.05, 0) is 56.3 Å². The Kier molecular flexibility index (Phi) is 11.1. The number of pyridine rings is 2. The van der Waals surface area contributed by atoms with E-state index in [1.54, 1.807) is 24.3 Å². The summed E-state index contributed by atoms with van der Waals surface area (Å²) in [6.45, 7) is 6.00. The van der Waals surface area contributed by atoms with Crippen molar-refractivity contribution >= 4 is 56.6 Å². The van der Waals surface area contributed by atoms with Crippen molar-refractivity contribution in [3.8, 4) is 0 Å². The van der Waals surface area contributed by atoms with Crippen LogP contribution in [0.25, 0.3) is 10.9 Å². The first kappa shape index (κ1) is 31.9. The number of benzene rings is 3. The lowest BCUT2D eigenvalue weighted by atomic mass is 10.1. The molecule has 2 heterocycles. The van der Waals surface area contributed by atoms with Gasteiger partial charge >= 0.3 is 0 Å². The van der Waals surface area contributed by atoms with Crippen molar-refractivity contribution in [1.82, 2.24) is 0 Å². The van der Waals surface area contributed by atoms with Crippen LogP contribution in [0.2, 0.25) is 0 Å². The van der Waals surface area contributed by atoms with Gasteiger partial charge in [0.15, 0.2) is 18.6 Å². The zero-order chi connectivity index (χ0) is 27.4. The van der Waals surface area contributed by atoms with E-state index >= 15 is 0 Å². The van der Waals surface area contributed by atoms with Crippen LogP contribution >= 0.6 is 0 Å². The third kappa shape index (κ3) is 7.36. The second-order valence-electron chi connectivity index (χ2n) is 9.26. The Balaban J connectivity index is 0.00000231. The molecule has 0 aliphatic carbocycles. The van der Waals surface area contributed by atoms with E-state index in [-0.39, 0.29) is 53.9 Å². The fourth-order valence-electron chi connectivity index (χ4n) is 4.53. The number of carbonyl (C=O) groups is 1. The number of hydrogen-bond donors (Lipinski definition) is 5. The van der Waals surface area contributed by atoms with E-state index in [9.17, 15) is 4.79 Å². The fourth-order valence-corrected chi connectivity index (χ4v) is 4.53. The summed E-state index contributed by atoms with van der Waals surface area (Å²) in [6.07, 6.45) is 6.06. The van der Waals surface area contributed by atoms with E-state index in [4.69, 9.17) is 11.5 Å². The van der Waals surface area contributed by atoms with E-state index in [0.29, 0.717) is 22.6 Å². The minimum Gasteiger partial charge on any atom is -1.00 e. The average Bonchev–Trinajstić information content (AvgIpc) is 2.95. The standard InChI is InChI=1S/C31H31N7O.2HI/c1-3-37-16-13-21(14-17-37)34-29-12-10-23(20-27(29)33)36-31(39)24-11-9-22(19-26(24)32)35-28-15-18-38(4-2)30-8-6-5-7-25(28)30;;/h5-20H,3-4,33H2,1-2H3,(H3,32,36,39);2*1H. The van der Waals surface area contributed by atoms with Crippen LogP contribution in [0.1, 0.15) is 24.2 Å². The highest BCUT2D eigenvalue weighted by atomic mass is 127. The maximum absolute atomic E-state index is 13.0. The number of nitrogens with zero attached hydrogens (tertiary/aromatic N) is 2. The van der Waals surface area contributed by atoms with E-state index < -0.39 is 0 Å². The molecule has 0 atom stereocenters. The Bertz CT molecular complexity index is 1660. The van der Waals surface area contributed by atoms with Crippen LogP contribution in [-0.4, -0.2) is 5.91 Å². The molecule has 2 aromatic heterocycles. The van der Waals surface area contributed by atoms with Gasteiger partial charge in [-0.3, -0.25) is 4.79 Å². The highest BCUT2D eigenvalue weighted by Gasteiger charge is 2.14. The largest absolute Gasteiger partial charge is 1.00 e. The molecule has 0 unspecified atom stereocenters. The molecule has 5 aromatic rings. The minimum atomic E-state index is -0.305. The number of hydrogen-bond acceptors (Lipinski definition) is 5. The van der Waals surface area contributed by atoms with E-state index in [0.717, 1.165) is 46.7 Å². The van der Waals surface area contributed by atoms with Crippen molar-refractivity contribution in [2.45, 2.75) is 26.9 Å². The molecule has 10 heteroatoms. The number of aryl methyl sites for hydroxylation is 2. The lowest BCUT2D eigenvalue weighted by molar-refractivity contribution is -0.693. The molecule has 3 aromatic carbocycles. The van der Waals surface area contributed by atoms with Gasteiger partial charge in [-0.25, -0.2) is 4.57 Å². The van der Waals surface area contributed by atoms with E-state index in [1.807, 2.05) is 54.9 Å². The highest BCUT2D eigenvalue weighted by molar-refractivity contribution is 6.08. The molecule has 0 radical (unpaired) electrons. The van der Waals surface area contributed by atoms with Gasteiger partial charge < -0.3 is 75.4 Å². The first-order chi connectivity index (χ1) is 18.9. The molecule has 0 bridgehead atoms. The van der Waals surface area contributed by atoms with Gasteiger partial charge in [0.05, 0.1) is 33.7 Å². The average molecular weight is 773 g/mol. The van der Waals surface area contributed by atoms with Gasteiger partial charge in [0.2, 0.25) is 5.52 Å². The number of carbonyl (C=O) groups excluding carboxylic acids is 1. The molecule has 7 N–H and O–H groups in total. The third-order valence-corrected chi connectivity index (χ3v) is 6.69. The summed E-state index contributed by atoms with van der Waals surface area (Å²) >= 11 is 0. The number of fused-ring (bicyclic) bond motifs is 1. The van der Waals surface area contributed by atoms with Crippen molar-refractivity contribution in [1.29, 1.82) is 0 Å². The quantitative estimate of drug-likeness (QED) is 0.0820. The summed E-state index contributed by atoms with van der Waals surface area (Å²) in [5.41, 5.74) is 19.0. The number of amides is 1. The highest BCUT2D eigenvalue weighted by Crippen LogP contribution is 2.29. The summed E-state index contributed by atoms with van der Waals surface area (Å²) in [4.78, 5) is 13.0. The first-order valence-electron chi connectivity index (χ1n) is 13.0. The first-order valence-corrected chi connectivity index (χ1v) is 13.0. The van der Waals surface area contributed by atoms with Gasteiger partial charge in [-0.15, -0.1) is 0 Å². The molecular formula is C31H33I2N7O. The van der Waals surface area contributed by atoms with Gasteiger partial charge in [0.25, 0.3) is 5.91 Å². The second kappa shape index (κ2) is 14.3. The molecule has 212 valence electrons. The number of nitrogens with two attached hydrogens (primary N) is 2. The SMILES string of the molecule is CC[n+]1ccc(Nc2ccc(NC(=O)c3ccc(Nc4cc[n+](CC)c5ccccc45)cc3N)cc2N)cc1.[I-].[I-]. The Morgan fingerprint density at radius 2 is 1.39 bits per heavy atom. The summed E-state index contributed by atoms with van der Waals surface area (Å²) in [6, 6.07) is 25.0. The molecule has 0 spiro atoms. The Morgan fingerprint density at radius 1 is 0.707 bits per heavy atom. The number of rotatable bonds is 8. The lowest BCUT2D eigenvalue weighted by Gasteiger charge is -2.13. The number of nitrogen functional groups attached to an aromatic ring is 2. The van der Waals surface area contributed by atoms with Crippen LogP contribution in [0.15, 0.2) is 97.5 Å². The van der Waals surface area contributed by atoms with Crippen LogP contribution < -0.4 is 84.5 Å². The zero-order valence-electron chi connectivity index (χ0n) is 22.9. The Morgan fingerprint density at radius 3 is 2.07 bits per heavy atom. The second-order valence-corrected chi connectivity index (χ2v) is 9.26. The number of aromatic nitrogens is 2. The third-order valence-electron chi connectivity index (χ3n) is 6.69. The smallest absolute Gasteiger partial charge is 0.257 e. The van der Waals surface area contributed by atoms with Gasteiger partial charge in [0.1, 0.15) is 13.1 Å². The van der Waals surface area contributed by atoms with Gasteiger partial charge in [-0.2, -0.15) is 4.57 Å². The van der Waals surface area contributed by atoms with E-state index in [2.05, 4.69) is 57.3 Å². The summed E-state index contributed by atoms with van der Waals surface area (Å²) in [7, 11) is 0. The van der Waals surface area contributed by atoms with Crippen LogP contribution in [0, 0.1) is 0 Å². The monoisotopic (exact) mass is 773 g/mol. The predicted molar refractivity (Wildman–Crippen MR) is 158 cm³/mol. The van der Waals surface area contributed by atoms with Crippen LogP contribution in [0.3, 0.4) is 0 Å².